The van der Waals surface area contributed by atoms with Crippen molar-refractivity contribution in [2.75, 3.05) is 5.73 Å². The molecular weight excluding hydrogens is 346 g/mol. The molecule has 0 saturated heterocycles. The van der Waals surface area contributed by atoms with Crippen LogP contribution in [0.3, 0.4) is 0 Å². The summed E-state index contributed by atoms with van der Waals surface area (Å²) in [5.41, 5.74) is 6.56. The second kappa shape index (κ2) is 6.49. The fraction of sp³-hybridized carbons (Fsp3) is 0.312. The highest BCUT2D eigenvalue weighted by Gasteiger charge is 2.20. The van der Waals surface area contributed by atoms with Gasteiger partial charge in [-0.05, 0) is 31.7 Å². The standard InChI is InChI=1S/C16H16ClN5OS/c17-13-11(5-6-19-14(13)18)24-12-9-21-16(22-8-7-20-15(12)22)23-10-3-1-2-4-10/h5-10H,1-4H2,(H2,18,19). The van der Waals surface area contributed by atoms with E-state index in [1.54, 1.807) is 18.6 Å². The number of hydrogen-bond acceptors (Lipinski definition) is 6. The van der Waals surface area contributed by atoms with E-state index in [0.717, 1.165) is 28.3 Å². The average molecular weight is 362 g/mol. The Labute approximate surface area is 148 Å². The van der Waals surface area contributed by atoms with Gasteiger partial charge in [-0.25, -0.2) is 15.0 Å². The Kier molecular flexibility index (Phi) is 4.20. The van der Waals surface area contributed by atoms with E-state index in [4.69, 9.17) is 22.1 Å². The minimum absolute atomic E-state index is 0.246. The Hall–Kier alpha value is -1.99. The number of hydrogen-bond donors (Lipinski definition) is 1. The van der Waals surface area contributed by atoms with Gasteiger partial charge < -0.3 is 10.5 Å². The van der Waals surface area contributed by atoms with Gasteiger partial charge in [0, 0.05) is 23.5 Å². The number of nitrogen functional groups attached to an aromatic ring is 1. The summed E-state index contributed by atoms with van der Waals surface area (Å²) in [6.07, 6.45) is 11.9. The fourth-order valence-electron chi connectivity index (χ4n) is 2.83. The van der Waals surface area contributed by atoms with Gasteiger partial charge in [-0.15, -0.1) is 0 Å². The van der Waals surface area contributed by atoms with E-state index in [1.807, 2.05) is 16.7 Å². The molecule has 1 saturated carbocycles. The predicted molar refractivity (Wildman–Crippen MR) is 93.7 cm³/mol. The number of aromatic nitrogens is 4. The van der Waals surface area contributed by atoms with Crippen LogP contribution in [0.25, 0.3) is 5.65 Å². The highest BCUT2D eigenvalue weighted by Crippen LogP contribution is 2.37. The highest BCUT2D eigenvalue weighted by atomic mass is 35.5. The maximum absolute atomic E-state index is 6.23. The molecule has 1 aliphatic carbocycles. The van der Waals surface area contributed by atoms with E-state index in [1.165, 1.54) is 24.6 Å². The molecule has 24 heavy (non-hydrogen) atoms. The first-order valence-corrected chi connectivity index (χ1v) is 8.98. The van der Waals surface area contributed by atoms with Crippen molar-refractivity contribution in [2.45, 2.75) is 41.6 Å². The molecule has 4 rings (SSSR count). The number of ether oxygens (including phenoxy) is 1. The van der Waals surface area contributed by atoms with Crippen molar-refractivity contribution in [3.63, 3.8) is 0 Å². The molecule has 1 aliphatic rings. The van der Waals surface area contributed by atoms with E-state index < -0.39 is 0 Å². The molecular formula is C16H16ClN5OS. The van der Waals surface area contributed by atoms with Gasteiger partial charge in [0.05, 0.1) is 16.1 Å². The first kappa shape index (κ1) is 15.5. The quantitative estimate of drug-likeness (QED) is 0.760. The lowest BCUT2D eigenvalue weighted by Gasteiger charge is -2.14. The monoisotopic (exact) mass is 361 g/mol. The van der Waals surface area contributed by atoms with Crippen molar-refractivity contribution < 1.29 is 4.74 Å². The second-order valence-corrected chi connectivity index (χ2v) is 7.12. The third kappa shape index (κ3) is 2.89. The summed E-state index contributed by atoms with van der Waals surface area (Å²) >= 11 is 7.69. The summed E-state index contributed by atoms with van der Waals surface area (Å²) in [7, 11) is 0. The maximum atomic E-state index is 6.23. The van der Waals surface area contributed by atoms with E-state index in [9.17, 15) is 0 Å². The van der Waals surface area contributed by atoms with Crippen LogP contribution in [0.1, 0.15) is 25.7 Å². The Balaban J connectivity index is 1.67. The molecule has 6 nitrogen and oxygen atoms in total. The molecule has 3 heterocycles. The van der Waals surface area contributed by atoms with E-state index >= 15 is 0 Å². The van der Waals surface area contributed by atoms with Gasteiger partial charge in [-0.3, -0.25) is 4.40 Å². The number of fused-ring (bicyclic) bond motifs is 1. The van der Waals surface area contributed by atoms with Crippen molar-refractivity contribution in [3.8, 4) is 6.01 Å². The molecule has 0 aliphatic heterocycles. The van der Waals surface area contributed by atoms with E-state index in [2.05, 4.69) is 15.0 Å². The van der Waals surface area contributed by atoms with Crippen LogP contribution >= 0.6 is 23.4 Å². The molecule has 0 radical (unpaired) electrons. The Morgan fingerprint density at radius 3 is 2.83 bits per heavy atom. The molecule has 0 spiro atoms. The summed E-state index contributed by atoms with van der Waals surface area (Å²) in [6.45, 7) is 0. The molecule has 0 unspecified atom stereocenters. The topological polar surface area (TPSA) is 78.3 Å². The van der Waals surface area contributed by atoms with Crippen LogP contribution < -0.4 is 10.5 Å². The lowest BCUT2D eigenvalue weighted by atomic mass is 10.3. The van der Waals surface area contributed by atoms with Crippen molar-refractivity contribution in [3.05, 3.63) is 35.9 Å². The number of nitrogens with zero attached hydrogens (tertiary/aromatic N) is 4. The molecule has 0 atom stereocenters. The maximum Gasteiger partial charge on any atom is 0.302 e. The van der Waals surface area contributed by atoms with Crippen molar-refractivity contribution >= 4 is 34.8 Å². The fourth-order valence-corrected chi connectivity index (χ4v) is 3.96. The van der Waals surface area contributed by atoms with Gasteiger partial charge in [-0.1, -0.05) is 23.4 Å². The summed E-state index contributed by atoms with van der Waals surface area (Å²) in [5, 5.41) is 0.443. The van der Waals surface area contributed by atoms with Crippen LogP contribution in [0.5, 0.6) is 6.01 Å². The molecule has 3 aromatic rings. The summed E-state index contributed by atoms with van der Waals surface area (Å²) in [4.78, 5) is 14.6. The number of imidazole rings is 1. The molecule has 8 heteroatoms. The van der Waals surface area contributed by atoms with Crippen LogP contribution in [-0.2, 0) is 0 Å². The molecule has 3 aromatic heterocycles. The molecule has 0 bridgehead atoms. The first-order valence-electron chi connectivity index (χ1n) is 7.79. The van der Waals surface area contributed by atoms with Gasteiger partial charge in [0.2, 0.25) is 0 Å². The van der Waals surface area contributed by atoms with E-state index in [0.29, 0.717) is 16.9 Å². The van der Waals surface area contributed by atoms with Gasteiger partial charge in [0.15, 0.2) is 5.65 Å². The number of rotatable bonds is 4. The number of anilines is 1. The minimum atomic E-state index is 0.246. The SMILES string of the molecule is Nc1nccc(Sc2cnc(OC3CCCC3)n3ccnc23)c1Cl. The van der Waals surface area contributed by atoms with Crippen molar-refractivity contribution in [1.29, 1.82) is 0 Å². The van der Waals surface area contributed by atoms with Gasteiger partial charge >= 0.3 is 6.01 Å². The van der Waals surface area contributed by atoms with Gasteiger partial charge in [-0.2, -0.15) is 0 Å². The zero-order valence-electron chi connectivity index (χ0n) is 12.9. The molecule has 2 N–H and O–H groups in total. The van der Waals surface area contributed by atoms with Gasteiger partial charge in [0.1, 0.15) is 11.9 Å². The number of pyridine rings is 1. The summed E-state index contributed by atoms with van der Waals surface area (Å²) < 4.78 is 7.92. The summed E-state index contributed by atoms with van der Waals surface area (Å²) in [6, 6.07) is 2.41. The second-order valence-electron chi connectivity index (χ2n) is 5.66. The number of nitrogens with two attached hydrogens (primary N) is 1. The number of halogens is 1. The smallest absolute Gasteiger partial charge is 0.302 e. The first-order chi connectivity index (χ1) is 11.7. The Morgan fingerprint density at radius 2 is 2.00 bits per heavy atom. The molecule has 1 fully saturated rings. The largest absolute Gasteiger partial charge is 0.461 e. The van der Waals surface area contributed by atoms with Crippen molar-refractivity contribution in [2.24, 2.45) is 0 Å². The molecule has 0 aromatic carbocycles. The zero-order valence-corrected chi connectivity index (χ0v) is 14.4. The van der Waals surface area contributed by atoms with Crippen LogP contribution in [-0.4, -0.2) is 25.5 Å². The van der Waals surface area contributed by atoms with Crippen LogP contribution in [0.15, 0.2) is 40.6 Å². The van der Waals surface area contributed by atoms with Crippen molar-refractivity contribution in [1.82, 2.24) is 19.4 Å². The lowest BCUT2D eigenvalue weighted by Crippen LogP contribution is -2.14. The minimum Gasteiger partial charge on any atom is -0.461 e. The zero-order chi connectivity index (χ0) is 16.5. The third-order valence-electron chi connectivity index (χ3n) is 4.03. The average Bonchev–Trinajstić information content (AvgIpc) is 3.25. The third-order valence-corrected chi connectivity index (χ3v) is 5.61. The van der Waals surface area contributed by atoms with Gasteiger partial charge in [0.25, 0.3) is 0 Å². The highest BCUT2D eigenvalue weighted by molar-refractivity contribution is 7.99. The molecule has 124 valence electrons. The van der Waals surface area contributed by atoms with Crippen LogP contribution in [0, 0.1) is 0 Å². The predicted octanol–water partition coefficient (Wildman–Crippen LogP) is 3.83. The van der Waals surface area contributed by atoms with E-state index in [-0.39, 0.29) is 6.10 Å². The Morgan fingerprint density at radius 1 is 1.17 bits per heavy atom. The van der Waals surface area contributed by atoms with Crippen LogP contribution in [0.2, 0.25) is 5.02 Å². The Bertz CT molecular complexity index is 878. The molecule has 0 amide bonds. The normalized spacial score (nSPS) is 15.2. The summed E-state index contributed by atoms with van der Waals surface area (Å²) in [5.74, 6) is 0.315. The lowest BCUT2D eigenvalue weighted by molar-refractivity contribution is 0.189. The van der Waals surface area contributed by atoms with Crippen LogP contribution in [0.4, 0.5) is 5.82 Å².